The number of hydrogen-bond donors (Lipinski definition) is 2. The summed E-state index contributed by atoms with van der Waals surface area (Å²) in [6.07, 6.45) is 0. The van der Waals surface area contributed by atoms with Gasteiger partial charge < -0.3 is 15.2 Å². The van der Waals surface area contributed by atoms with Gasteiger partial charge in [-0.15, -0.1) is 0 Å². The lowest BCUT2D eigenvalue weighted by atomic mass is 10.1. The molecule has 1 aromatic rings. The fourth-order valence-corrected chi connectivity index (χ4v) is 1.36. The van der Waals surface area contributed by atoms with Gasteiger partial charge in [0.15, 0.2) is 0 Å². The lowest BCUT2D eigenvalue weighted by Crippen LogP contribution is -2.29. The van der Waals surface area contributed by atoms with Crippen molar-refractivity contribution < 1.29 is 14.8 Å². The molecule has 6 heteroatoms. The quantitative estimate of drug-likeness (QED) is 0.600. The molecular weight excluding hydrogens is 236 g/mol. The smallest absolute Gasteiger partial charge is 0.275 e. The highest BCUT2D eigenvalue weighted by molar-refractivity contribution is 5.56. The lowest BCUT2D eigenvalue weighted by molar-refractivity contribution is -0.384. The van der Waals surface area contributed by atoms with Crippen LogP contribution in [0.25, 0.3) is 0 Å². The molecule has 0 saturated carbocycles. The first-order valence-corrected chi connectivity index (χ1v) is 5.70. The molecule has 0 heterocycles. The van der Waals surface area contributed by atoms with E-state index in [4.69, 9.17) is 4.74 Å². The monoisotopic (exact) mass is 254 g/mol. The van der Waals surface area contributed by atoms with Gasteiger partial charge >= 0.3 is 0 Å². The van der Waals surface area contributed by atoms with Crippen molar-refractivity contribution in [3.05, 3.63) is 28.3 Å². The van der Waals surface area contributed by atoms with Crippen LogP contribution >= 0.6 is 0 Å². The Morgan fingerprint density at radius 3 is 2.61 bits per heavy atom. The highest BCUT2D eigenvalue weighted by atomic mass is 16.6. The number of nitrogens with zero attached hydrogens (tertiary/aromatic N) is 1. The minimum Gasteiger partial charge on any atom is -0.494 e. The zero-order chi connectivity index (χ0) is 13.8. The Morgan fingerprint density at radius 2 is 2.11 bits per heavy atom. The predicted octanol–water partition coefficient (Wildman–Crippen LogP) is 2.18. The maximum Gasteiger partial charge on any atom is 0.275 e. The fraction of sp³-hybridized carbons (Fsp3) is 0.500. The second-order valence-electron chi connectivity index (χ2n) is 4.57. The van der Waals surface area contributed by atoms with Crippen LogP contribution in [0.3, 0.4) is 0 Å². The molecule has 0 atom stereocenters. The van der Waals surface area contributed by atoms with E-state index in [1.807, 2.05) is 6.92 Å². The Labute approximate surface area is 106 Å². The van der Waals surface area contributed by atoms with Crippen molar-refractivity contribution >= 4 is 11.4 Å². The van der Waals surface area contributed by atoms with Crippen LogP contribution in [0, 0.1) is 10.1 Å². The van der Waals surface area contributed by atoms with E-state index in [-0.39, 0.29) is 5.69 Å². The van der Waals surface area contributed by atoms with Crippen LogP contribution in [0.15, 0.2) is 18.2 Å². The van der Waals surface area contributed by atoms with Crippen molar-refractivity contribution in [3.63, 3.8) is 0 Å². The molecule has 1 aromatic carbocycles. The molecule has 0 aliphatic rings. The maximum absolute atomic E-state index is 10.8. The highest BCUT2D eigenvalue weighted by Gasteiger charge is 2.14. The number of hydrogen-bond acceptors (Lipinski definition) is 5. The van der Waals surface area contributed by atoms with Crippen molar-refractivity contribution in [2.24, 2.45) is 0 Å². The van der Waals surface area contributed by atoms with E-state index in [0.717, 1.165) is 0 Å². The van der Waals surface area contributed by atoms with Crippen LogP contribution in [0.4, 0.5) is 11.4 Å². The molecular formula is C12H18N2O4. The molecule has 6 nitrogen and oxygen atoms in total. The SMILES string of the molecule is CCOc1cc(NCC(C)(C)O)cc([N+](=O)[O-])c1. The lowest BCUT2D eigenvalue weighted by Gasteiger charge is -2.18. The van der Waals surface area contributed by atoms with Gasteiger partial charge in [-0.05, 0) is 20.8 Å². The van der Waals surface area contributed by atoms with Gasteiger partial charge in [0.2, 0.25) is 0 Å². The van der Waals surface area contributed by atoms with Crippen LogP contribution in [-0.2, 0) is 0 Å². The summed E-state index contributed by atoms with van der Waals surface area (Å²) >= 11 is 0. The molecule has 0 aliphatic carbocycles. The molecule has 0 spiro atoms. The number of anilines is 1. The molecule has 0 fully saturated rings. The summed E-state index contributed by atoms with van der Waals surface area (Å²) in [7, 11) is 0. The zero-order valence-corrected chi connectivity index (χ0v) is 10.8. The average molecular weight is 254 g/mol. The molecule has 1 rings (SSSR count). The van der Waals surface area contributed by atoms with Crippen LogP contribution in [-0.4, -0.2) is 28.8 Å². The number of rotatable bonds is 6. The number of ether oxygens (including phenoxy) is 1. The van der Waals surface area contributed by atoms with E-state index in [9.17, 15) is 15.2 Å². The van der Waals surface area contributed by atoms with Gasteiger partial charge in [-0.2, -0.15) is 0 Å². The Balaban J connectivity index is 2.92. The van der Waals surface area contributed by atoms with Crippen molar-refractivity contribution in [2.45, 2.75) is 26.4 Å². The van der Waals surface area contributed by atoms with Crippen LogP contribution in [0.2, 0.25) is 0 Å². The molecule has 0 aliphatic heterocycles. The van der Waals surface area contributed by atoms with Crippen molar-refractivity contribution in [2.75, 3.05) is 18.5 Å². The maximum atomic E-state index is 10.8. The largest absolute Gasteiger partial charge is 0.494 e. The summed E-state index contributed by atoms with van der Waals surface area (Å²) in [6, 6.07) is 4.45. The Kier molecular flexibility index (Phi) is 4.49. The first-order valence-electron chi connectivity index (χ1n) is 5.70. The van der Waals surface area contributed by atoms with Gasteiger partial charge in [0.05, 0.1) is 23.2 Å². The number of nitrogens with one attached hydrogen (secondary N) is 1. The Bertz CT molecular complexity index is 427. The molecule has 2 N–H and O–H groups in total. The second kappa shape index (κ2) is 5.68. The van der Waals surface area contributed by atoms with Gasteiger partial charge in [-0.3, -0.25) is 10.1 Å². The third-order valence-corrected chi connectivity index (χ3v) is 2.14. The third kappa shape index (κ3) is 4.58. The molecule has 0 amide bonds. The molecule has 0 aromatic heterocycles. The second-order valence-corrected chi connectivity index (χ2v) is 4.57. The molecule has 100 valence electrons. The highest BCUT2D eigenvalue weighted by Crippen LogP contribution is 2.26. The number of benzene rings is 1. The van der Waals surface area contributed by atoms with Crippen LogP contribution < -0.4 is 10.1 Å². The Morgan fingerprint density at radius 1 is 1.44 bits per heavy atom. The summed E-state index contributed by atoms with van der Waals surface area (Å²) < 4.78 is 5.26. The first-order chi connectivity index (χ1) is 8.31. The average Bonchev–Trinajstić information content (AvgIpc) is 2.25. The third-order valence-electron chi connectivity index (χ3n) is 2.14. The van der Waals surface area contributed by atoms with Gasteiger partial charge in [0.25, 0.3) is 5.69 Å². The molecule has 0 unspecified atom stereocenters. The predicted molar refractivity (Wildman–Crippen MR) is 69.1 cm³/mol. The zero-order valence-electron chi connectivity index (χ0n) is 10.8. The number of nitro benzene ring substituents is 1. The van der Waals surface area contributed by atoms with Gasteiger partial charge in [-0.25, -0.2) is 0 Å². The molecule has 18 heavy (non-hydrogen) atoms. The standard InChI is InChI=1S/C12H18N2O4/c1-4-18-11-6-9(13-8-12(2,3)15)5-10(7-11)14(16)17/h5-7,13,15H,4,8H2,1-3H3. The summed E-state index contributed by atoms with van der Waals surface area (Å²) in [4.78, 5) is 10.3. The van der Waals surface area contributed by atoms with Gasteiger partial charge in [0.1, 0.15) is 5.75 Å². The van der Waals surface area contributed by atoms with E-state index >= 15 is 0 Å². The minimum atomic E-state index is -0.892. The molecule has 0 saturated heterocycles. The van der Waals surface area contributed by atoms with Crippen LogP contribution in [0.5, 0.6) is 5.75 Å². The van der Waals surface area contributed by atoms with E-state index in [1.54, 1.807) is 19.9 Å². The topological polar surface area (TPSA) is 84.6 Å². The Hall–Kier alpha value is -1.82. The number of aliphatic hydroxyl groups is 1. The van der Waals surface area contributed by atoms with Crippen molar-refractivity contribution in [1.82, 2.24) is 0 Å². The molecule has 0 bridgehead atoms. The summed E-state index contributed by atoms with van der Waals surface area (Å²) in [5.74, 6) is 0.435. The number of non-ortho nitro benzene ring substituents is 1. The van der Waals surface area contributed by atoms with E-state index < -0.39 is 10.5 Å². The minimum absolute atomic E-state index is 0.0424. The van der Waals surface area contributed by atoms with Crippen LogP contribution in [0.1, 0.15) is 20.8 Å². The molecule has 0 radical (unpaired) electrons. The van der Waals surface area contributed by atoms with Crippen molar-refractivity contribution in [3.8, 4) is 5.75 Å². The normalized spacial score (nSPS) is 11.1. The fourth-order valence-electron chi connectivity index (χ4n) is 1.36. The van der Waals surface area contributed by atoms with Gasteiger partial charge in [0, 0.05) is 24.4 Å². The summed E-state index contributed by atoms with van der Waals surface area (Å²) in [5.41, 5.74) is -0.384. The summed E-state index contributed by atoms with van der Waals surface area (Å²) in [6.45, 7) is 5.84. The van der Waals surface area contributed by atoms with E-state index in [0.29, 0.717) is 24.6 Å². The van der Waals surface area contributed by atoms with E-state index in [2.05, 4.69) is 5.32 Å². The number of nitro groups is 1. The van der Waals surface area contributed by atoms with E-state index in [1.165, 1.54) is 12.1 Å². The first kappa shape index (κ1) is 14.2. The van der Waals surface area contributed by atoms with Gasteiger partial charge in [-0.1, -0.05) is 0 Å². The van der Waals surface area contributed by atoms with Crippen molar-refractivity contribution in [1.29, 1.82) is 0 Å². The summed E-state index contributed by atoms with van der Waals surface area (Å²) in [5, 5.41) is 23.3.